The first-order valence-electron chi connectivity index (χ1n) is 6.15. The molecule has 1 N–H and O–H groups in total. The van der Waals surface area contributed by atoms with Gasteiger partial charge in [-0.1, -0.05) is 42.5 Å². The van der Waals surface area contributed by atoms with Crippen molar-refractivity contribution >= 4 is 0 Å². The van der Waals surface area contributed by atoms with Gasteiger partial charge in [-0.05, 0) is 17.2 Å². The van der Waals surface area contributed by atoms with E-state index in [1.54, 1.807) is 7.11 Å². The number of methoxy groups -OCH3 is 1. The molecule has 1 aliphatic rings. The van der Waals surface area contributed by atoms with Gasteiger partial charge in [0.1, 0.15) is 11.4 Å². The molecule has 0 radical (unpaired) electrons. The third kappa shape index (κ3) is 1.70. The Morgan fingerprint density at radius 3 is 2.11 bits per heavy atom. The summed E-state index contributed by atoms with van der Waals surface area (Å²) < 4.78 is 5.36. The molecule has 18 heavy (non-hydrogen) atoms. The minimum atomic E-state index is -0.837. The average Bonchev–Trinajstić information content (AvgIpc) is 2.76. The first-order valence-corrected chi connectivity index (χ1v) is 6.15. The van der Waals surface area contributed by atoms with Gasteiger partial charge in [0.15, 0.2) is 0 Å². The highest BCUT2D eigenvalue weighted by Crippen LogP contribution is 2.41. The van der Waals surface area contributed by atoms with E-state index < -0.39 is 5.60 Å². The highest BCUT2D eigenvalue weighted by molar-refractivity contribution is 5.45. The fraction of sp³-hybridized carbons (Fsp3) is 0.250. The minimum Gasteiger partial charge on any atom is -0.496 e. The lowest BCUT2D eigenvalue weighted by atomic mass is 9.90. The summed E-state index contributed by atoms with van der Waals surface area (Å²) in [7, 11) is 1.64. The molecule has 0 fully saturated rings. The molecule has 0 saturated carbocycles. The average molecular weight is 240 g/mol. The van der Waals surface area contributed by atoms with Crippen LogP contribution < -0.4 is 4.74 Å². The lowest BCUT2D eigenvalue weighted by molar-refractivity contribution is 0.0456. The van der Waals surface area contributed by atoms with E-state index in [4.69, 9.17) is 4.74 Å². The van der Waals surface area contributed by atoms with Crippen molar-refractivity contribution in [3.8, 4) is 5.75 Å². The Hall–Kier alpha value is -1.80. The smallest absolute Gasteiger partial charge is 0.124 e. The molecule has 0 heterocycles. The fourth-order valence-electron chi connectivity index (χ4n) is 2.81. The number of para-hydroxylation sites is 1. The fourth-order valence-corrected chi connectivity index (χ4v) is 2.81. The van der Waals surface area contributed by atoms with Crippen molar-refractivity contribution in [2.24, 2.45) is 0 Å². The van der Waals surface area contributed by atoms with E-state index in [0.29, 0.717) is 12.8 Å². The second-order valence-electron chi connectivity index (χ2n) is 4.85. The van der Waals surface area contributed by atoms with E-state index in [-0.39, 0.29) is 0 Å². The molecular weight excluding hydrogens is 224 g/mol. The Morgan fingerprint density at radius 2 is 1.50 bits per heavy atom. The van der Waals surface area contributed by atoms with E-state index in [2.05, 4.69) is 12.1 Å². The van der Waals surface area contributed by atoms with Gasteiger partial charge in [0.25, 0.3) is 0 Å². The summed E-state index contributed by atoms with van der Waals surface area (Å²) in [6.45, 7) is 0. The van der Waals surface area contributed by atoms with E-state index in [0.717, 1.165) is 11.3 Å². The molecule has 2 nitrogen and oxygen atoms in total. The molecule has 2 aromatic rings. The second kappa shape index (κ2) is 4.14. The van der Waals surface area contributed by atoms with Gasteiger partial charge in [-0.2, -0.15) is 0 Å². The molecule has 0 saturated heterocycles. The zero-order valence-electron chi connectivity index (χ0n) is 10.4. The quantitative estimate of drug-likeness (QED) is 0.874. The summed E-state index contributed by atoms with van der Waals surface area (Å²) in [5.74, 6) is 0.757. The summed E-state index contributed by atoms with van der Waals surface area (Å²) in [4.78, 5) is 0. The number of fused-ring (bicyclic) bond motifs is 1. The summed E-state index contributed by atoms with van der Waals surface area (Å²) in [6, 6.07) is 15.9. The van der Waals surface area contributed by atoms with Crippen LogP contribution in [0.15, 0.2) is 48.5 Å². The standard InChI is InChI=1S/C16H16O2/c1-18-15-9-5-4-8-14(15)16(17)10-12-6-2-3-7-13(12)11-16/h2-9,17H,10-11H2,1H3. The highest BCUT2D eigenvalue weighted by Gasteiger charge is 2.38. The van der Waals surface area contributed by atoms with Gasteiger partial charge in [-0.25, -0.2) is 0 Å². The van der Waals surface area contributed by atoms with Gasteiger partial charge in [0, 0.05) is 18.4 Å². The van der Waals surface area contributed by atoms with Crippen molar-refractivity contribution in [3.63, 3.8) is 0 Å². The van der Waals surface area contributed by atoms with Crippen LogP contribution in [0.1, 0.15) is 16.7 Å². The second-order valence-corrected chi connectivity index (χ2v) is 4.85. The first kappa shape index (κ1) is 11.3. The van der Waals surface area contributed by atoms with Gasteiger partial charge in [-0.15, -0.1) is 0 Å². The zero-order chi connectivity index (χ0) is 12.6. The van der Waals surface area contributed by atoms with Crippen LogP contribution in [0.5, 0.6) is 5.75 Å². The third-order valence-electron chi connectivity index (χ3n) is 3.69. The number of aliphatic hydroxyl groups is 1. The molecule has 0 amide bonds. The third-order valence-corrected chi connectivity index (χ3v) is 3.69. The molecule has 0 spiro atoms. The maximum atomic E-state index is 10.9. The number of hydrogen-bond acceptors (Lipinski definition) is 2. The van der Waals surface area contributed by atoms with Crippen molar-refractivity contribution in [1.29, 1.82) is 0 Å². The van der Waals surface area contributed by atoms with Crippen LogP contribution in [0.2, 0.25) is 0 Å². The summed E-state index contributed by atoms with van der Waals surface area (Å²) in [5.41, 5.74) is 2.50. The Labute approximate surface area is 107 Å². The molecule has 0 aliphatic heterocycles. The predicted molar refractivity (Wildman–Crippen MR) is 70.7 cm³/mol. The Bertz CT molecular complexity index is 550. The van der Waals surface area contributed by atoms with Gasteiger partial charge >= 0.3 is 0 Å². The SMILES string of the molecule is COc1ccccc1C1(O)Cc2ccccc2C1. The van der Waals surface area contributed by atoms with Crippen LogP contribution in [0.4, 0.5) is 0 Å². The lowest BCUT2D eigenvalue weighted by Gasteiger charge is -2.24. The minimum absolute atomic E-state index is 0.656. The summed E-state index contributed by atoms with van der Waals surface area (Å²) in [5, 5.41) is 10.9. The highest BCUT2D eigenvalue weighted by atomic mass is 16.5. The van der Waals surface area contributed by atoms with Crippen LogP contribution in [-0.2, 0) is 18.4 Å². The molecule has 0 aromatic heterocycles. The number of benzene rings is 2. The van der Waals surface area contributed by atoms with E-state index in [1.807, 2.05) is 36.4 Å². The van der Waals surface area contributed by atoms with E-state index >= 15 is 0 Å². The molecule has 3 rings (SSSR count). The number of hydrogen-bond donors (Lipinski definition) is 1. The predicted octanol–water partition coefficient (Wildman–Crippen LogP) is 2.68. The Kier molecular flexibility index (Phi) is 2.60. The van der Waals surface area contributed by atoms with Crippen LogP contribution >= 0.6 is 0 Å². The normalized spacial score (nSPS) is 16.3. The van der Waals surface area contributed by atoms with Crippen LogP contribution in [0, 0.1) is 0 Å². The molecule has 92 valence electrons. The molecule has 2 aromatic carbocycles. The van der Waals surface area contributed by atoms with Crippen molar-refractivity contribution in [2.75, 3.05) is 7.11 Å². The molecule has 0 bridgehead atoms. The van der Waals surface area contributed by atoms with Crippen LogP contribution in [0.3, 0.4) is 0 Å². The first-order chi connectivity index (χ1) is 8.73. The largest absolute Gasteiger partial charge is 0.496 e. The molecule has 0 unspecified atom stereocenters. The van der Waals surface area contributed by atoms with Crippen LogP contribution in [0.25, 0.3) is 0 Å². The van der Waals surface area contributed by atoms with Gasteiger partial charge in [0.05, 0.1) is 7.11 Å². The van der Waals surface area contributed by atoms with Gasteiger partial charge in [-0.3, -0.25) is 0 Å². The molecule has 2 heteroatoms. The van der Waals surface area contributed by atoms with Crippen molar-refractivity contribution in [1.82, 2.24) is 0 Å². The summed E-state index contributed by atoms with van der Waals surface area (Å²) in [6.07, 6.45) is 1.31. The molecule has 1 aliphatic carbocycles. The maximum absolute atomic E-state index is 10.9. The van der Waals surface area contributed by atoms with Crippen molar-refractivity contribution < 1.29 is 9.84 Å². The van der Waals surface area contributed by atoms with Crippen molar-refractivity contribution in [2.45, 2.75) is 18.4 Å². The number of rotatable bonds is 2. The number of ether oxygens (including phenoxy) is 1. The zero-order valence-corrected chi connectivity index (χ0v) is 10.4. The maximum Gasteiger partial charge on any atom is 0.124 e. The Balaban J connectivity index is 2.04. The van der Waals surface area contributed by atoms with E-state index in [1.165, 1.54) is 11.1 Å². The topological polar surface area (TPSA) is 29.5 Å². The molecular formula is C16H16O2. The summed E-state index contributed by atoms with van der Waals surface area (Å²) >= 11 is 0. The lowest BCUT2D eigenvalue weighted by Crippen LogP contribution is -2.26. The van der Waals surface area contributed by atoms with E-state index in [9.17, 15) is 5.11 Å². The Morgan fingerprint density at radius 1 is 0.944 bits per heavy atom. The van der Waals surface area contributed by atoms with Gasteiger partial charge in [0.2, 0.25) is 0 Å². The molecule has 0 atom stereocenters. The van der Waals surface area contributed by atoms with Gasteiger partial charge < -0.3 is 9.84 Å². The van der Waals surface area contributed by atoms with Crippen LogP contribution in [-0.4, -0.2) is 12.2 Å². The monoisotopic (exact) mass is 240 g/mol. The van der Waals surface area contributed by atoms with Crippen molar-refractivity contribution in [3.05, 3.63) is 65.2 Å².